The van der Waals surface area contributed by atoms with Crippen molar-refractivity contribution in [3.8, 4) is 0 Å². The Kier molecular flexibility index (Phi) is 3.56. The number of H-pyrrole nitrogens is 1. The van der Waals surface area contributed by atoms with Crippen molar-refractivity contribution in [2.24, 2.45) is 0 Å². The monoisotopic (exact) mass is 269 g/mol. The summed E-state index contributed by atoms with van der Waals surface area (Å²) in [4.78, 5) is 18.0. The average Bonchev–Trinajstić information content (AvgIpc) is 2.67. The van der Waals surface area contributed by atoms with Gasteiger partial charge in [0.15, 0.2) is 5.65 Å². The Labute approximate surface area is 110 Å². The molecule has 0 aliphatic rings. The summed E-state index contributed by atoms with van der Waals surface area (Å²) in [5, 5.41) is 6.39. The van der Waals surface area contributed by atoms with Crippen LogP contribution >= 0.6 is 11.6 Å². The predicted molar refractivity (Wildman–Crippen MR) is 71.5 cm³/mol. The first-order valence-electron chi connectivity index (χ1n) is 5.82. The zero-order chi connectivity index (χ0) is 13.3. The van der Waals surface area contributed by atoms with Crippen molar-refractivity contribution in [3.63, 3.8) is 0 Å². The lowest BCUT2D eigenvalue weighted by atomic mass is 10.3. The number of aryl methyl sites for hydroxylation is 1. The minimum atomic E-state index is -0.269. The molecule has 0 spiro atoms. The molecule has 98 valence electrons. The molecule has 0 amide bonds. The number of alkyl halides is 1. The molecule has 0 radical (unpaired) electrons. The predicted octanol–water partition coefficient (Wildman–Crippen LogP) is 1.18. The summed E-state index contributed by atoms with van der Waals surface area (Å²) < 4.78 is 1.45. The van der Waals surface area contributed by atoms with Crippen molar-refractivity contribution >= 4 is 23.1 Å². The molecule has 2 aromatic heterocycles. The molecule has 0 aromatic carbocycles. The van der Waals surface area contributed by atoms with Gasteiger partial charge in [0.05, 0.1) is 0 Å². The van der Waals surface area contributed by atoms with Gasteiger partial charge in [0.2, 0.25) is 0 Å². The van der Waals surface area contributed by atoms with E-state index in [4.69, 9.17) is 11.6 Å². The molecule has 0 fully saturated rings. The van der Waals surface area contributed by atoms with E-state index in [9.17, 15) is 4.79 Å². The second-order valence-corrected chi connectivity index (χ2v) is 4.74. The highest BCUT2D eigenvalue weighted by Crippen LogP contribution is 2.16. The standard InChI is InChI=1S/C11H16ClN5O/c1-7(2)16(5-4-12)9-6-10-14-15-11(18)17(10)8(3)13-9/h6-7H,4-5H2,1-3H3,(H,15,18). The third kappa shape index (κ3) is 2.20. The number of nitrogens with one attached hydrogen (secondary N) is 1. The highest BCUT2D eigenvalue weighted by molar-refractivity contribution is 6.18. The minimum absolute atomic E-state index is 0.269. The van der Waals surface area contributed by atoms with E-state index >= 15 is 0 Å². The zero-order valence-electron chi connectivity index (χ0n) is 10.6. The zero-order valence-corrected chi connectivity index (χ0v) is 11.4. The summed E-state index contributed by atoms with van der Waals surface area (Å²) in [6.07, 6.45) is 0. The van der Waals surface area contributed by atoms with Crippen LogP contribution in [-0.4, -0.2) is 38.0 Å². The molecular weight excluding hydrogens is 254 g/mol. The van der Waals surface area contributed by atoms with Gasteiger partial charge in [-0.15, -0.1) is 11.6 Å². The van der Waals surface area contributed by atoms with Crippen LogP contribution in [0.1, 0.15) is 19.7 Å². The smallest absolute Gasteiger partial charge is 0.349 e. The number of fused-ring (bicyclic) bond motifs is 1. The molecule has 0 saturated heterocycles. The lowest BCUT2D eigenvalue weighted by molar-refractivity contribution is 0.691. The molecule has 0 aliphatic heterocycles. The Bertz CT molecular complexity index is 603. The van der Waals surface area contributed by atoms with Crippen LogP contribution in [0, 0.1) is 6.92 Å². The number of aromatic amines is 1. The van der Waals surface area contributed by atoms with Crippen molar-refractivity contribution in [1.82, 2.24) is 19.6 Å². The maximum Gasteiger partial charge on any atom is 0.349 e. The van der Waals surface area contributed by atoms with Gasteiger partial charge < -0.3 is 4.90 Å². The van der Waals surface area contributed by atoms with Crippen LogP contribution in [0.25, 0.3) is 5.65 Å². The molecule has 0 aliphatic carbocycles. The van der Waals surface area contributed by atoms with Crippen LogP contribution in [0.3, 0.4) is 0 Å². The summed E-state index contributed by atoms with van der Waals surface area (Å²) in [6.45, 7) is 6.64. The number of hydrogen-bond donors (Lipinski definition) is 1. The Morgan fingerprint density at radius 2 is 2.28 bits per heavy atom. The summed E-state index contributed by atoms with van der Waals surface area (Å²) in [5.41, 5.74) is 0.303. The fourth-order valence-electron chi connectivity index (χ4n) is 1.96. The van der Waals surface area contributed by atoms with Crippen LogP contribution in [0.15, 0.2) is 10.9 Å². The van der Waals surface area contributed by atoms with E-state index in [2.05, 4.69) is 33.9 Å². The number of anilines is 1. The van der Waals surface area contributed by atoms with Gasteiger partial charge in [-0.25, -0.2) is 19.3 Å². The van der Waals surface area contributed by atoms with Gasteiger partial charge in [-0.1, -0.05) is 0 Å². The van der Waals surface area contributed by atoms with Gasteiger partial charge >= 0.3 is 5.69 Å². The van der Waals surface area contributed by atoms with Crippen LogP contribution in [0.4, 0.5) is 5.82 Å². The van der Waals surface area contributed by atoms with E-state index in [0.29, 0.717) is 23.9 Å². The van der Waals surface area contributed by atoms with Crippen LogP contribution < -0.4 is 10.6 Å². The first kappa shape index (κ1) is 12.9. The molecule has 1 N–H and O–H groups in total. The largest absolute Gasteiger partial charge is 0.353 e. The topological polar surface area (TPSA) is 66.3 Å². The van der Waals surface area contributed by atoms with E-state index in [1.807, 2.05) is 0 Å². The maximum absolute atomic E-state index is 11.5. The Balaban J connectivity index is 2.54. The molecule has 6 nitrogen and oxygen atoms in total. The fraction of sp³-hybridized carbons (Fsp3) is 0.545. The third-order valence-electron chi connectivity index (χ3n) is 2.80. The van der Waals surface area contributed by atoms with Crippen molar-refractivity contribution < 1.29 is 0 Å². The van der Waals surface area contributed by atoms with E-state index in [1.165, 1.54) is 4.40 Å². The van der Waals surface area contributed by atoms with E-state index in [1.54, 1.807) is 13.0 Å². The van der Waals surface area contributed by atoms with Gasteiger partial charge in [-0.05, 0) is 20.8 Å². The summed E-state index contributed by atoms with van der Waals surface area (Å²) in [5.74, 6) is 1.92. The van der Waals surface area contributed by atoms with E-state index < -0.39 is 0 Å². The van der Waals surface area contributed by atoms with Gasteiger partial charge in [0.1, 0.15) is 11.6 Å². The molecule has 7 heteroatoms. The number of rotatable bonds is 4. The molecule has 0 saturated carbocycles. The summed E-state index contributed by atoms with van der Waals surface area (Å²) >= 11 is 5.81. The number of nitrogens with zero attached hydrogens (tertiary/aromatic N) is 4. The molecule has 0 bridgehead atoms. The lowest BCUT2D eigenvalue weighted by Crippen LogP contribution is -2.33. The molecule has 18 heavy (non-hydrogen) atoms. The normalized spacial score (nSPS) is 11.4. The first-order valence-corrected chi connectivity index (χ1v) is 6.35. The van der Waals surface area contributed by atoms with Gasteiger partial charge in [-0.2, -0.15) is 5.10 Å². The van der Waals surface area contributed by atoms with Crippen LogP contribution in [-0.2, 0) is 0 Å². The van der Waals surface area contributed by atoms with Crippen LogP contribution in [0.5, 0.6) is 0 Å². The number of halogens is 1. The highest BCUT2D eigenvalue weighted by atomic mass is 35.5. The van der Waals surface area contributed by atoms with Gasteiger partial charge in [-0.3, -0.25) is 0 Å². The lowest BCUT2D eigenvalue weighted by Gasteiger charge is -2.27. The molecule has 2 heterocycles. The summed E-state index contributed by atoms with van der Waals surface area (Å²) in [6, 6.07) is 2.07. The quantitative estimate of drug-likeness (QED) is 0.847. The third-order valence-corrected chi connectivity index (χ3v) is 2.97. The molecule has 0 atom stereocenters. The SMILES string of the molecule is Cc1nc(N(CCCl)C(C)C)cc2n[nH]c(=O)n12. The Morgan fingerprint density at radius 3 is 2.89 bits per heavy atom. The minimum Gasteiger partial charge on any atom is -0.353 e. The fourth-order valence-corrected chi connectivity index (χ4v) is 2.14. The number of hydrogen-bond acceptors (Lipinski definition) is 4. The number of aromatic nitrogens is 4. The molecule has 2 aromatic rings. The second kappa shape index (κ2) is 4.97. The second-order valence-electron chi connectivity index (χ2n) is 4.36. The van der Waals surface area contributed by atoms with Crippen molar-refractivity contribution in [3.05, 3.63) is 22.4 Å². The molecule has 2 rings (SSSR count). The van der Waals surface area contributed by atoms with E-state index in [0.717, 1.165) is 5.82 Å². The van der Waals surface area contributed by atoms with Crippen molar-refractivity contribution in [1.29, 1.82) is 0 Å². The van der Waals surface area contributed by atoms with E-state index in [-0.39, 0.29) is 11.7 Å². The van der Waals surface area contributed by atoms with Gasteiger partial charge in [0.25, 0.3) is 0 Å². The Morgan fingerprint density at radius 1 is 1.56 bits per heavy atom. The van der Waals surface area contributed by atoms with Gasteiger partial charge in [0, 0.05) is 24.5 Å². The van der Waals surface area contributed by atoms with Crippen molar-refractivity contribution in [2.45, 2.75) is 26.8 Å². The van der Waals surface area contributed by atoms with Crippen molar-refractivity contribution in [2.75, 3.05) is 17.3 Å². The average molecular weight is 270 g/mol. The molecular formula is C11H16ClN5O. The first-order chi connectivity index (χ1) is 8.54. The Hall–Kier alpha value is -1.56. The maximum atomic E-state index is 11.5. The van der Waals surface area contributed by atoms with Crippen LogP contribution in [0.2, 0.25) is 0 Å². The summed E-state index contributed by atoms with van der Waals surface area (Å²) in [7, 11) is 0. The molecule has 0 unspecified atom stereocenters. The highest BCUT2D eigenvalue weighted by Gasteiger charge is 2.14.